The van der Waals surface area contributed by atoms with Gasteiger partial charge in [-0.05, 0) is 36.6 Å². The van der Waals surface area contributed by atoms with Gasteiger partial charge in [-0.15, -0.1) is 6.58 Å². The first-order chi connectivity index (χ1) is 11.7. The quantitative estimate of drug-likeness (QED) is 0.653. The van der Waals surface area contributed by atoms with Gasteiger partial charge < -0.3 is 10.1 Å². The van der Waals surface area contributed by atoms with E-state index in [0.29, 0.717) is 12.1 Å². The number of hydrogen-bond donors (Lipinski definition) is 1. The zero-order valence-electron chi connectivity index (χ0n) is 13.8. The Morgan fingerprint density at radius 1 is 1.17 bits per heavy atom. The summed E-state index contributed by atoms with van der Waals surface area (Å²) in [5, 5.41) is 2.79. The van der Waals surface area contributed by atoms with Crippen LogP contribution in [0.4, 0.5) is 0 Å². The molecule has 0 aromatic heterocycles. The zero-order valence-corrected chi connectivity index (χ0v) is 13.8. The van der Waals surface area contributed by atoms with E-state index in [2.05, 4.69) is 23.7 Å². The minimum absolute atomic E-state index is 0.111. The van der Waals surface area contributed by atoms with Gasteiger partial charge in [-0.2, -0.15) is 0 Å². The molecule has 0 saturated carbocycles. The molecule has 24 heavy (non-hydrogen) atoms. The fourth-order valence-corrected chi connectivity index (χ4v) is 2.24. The standard InChI is InChI=1S/C21H21NO2/c1-3-10-18-12-5-7-14-20(18)24-16-9-8-15-22-21(23)19-13-6-4-11-17(19)2/h3-7,11-14H,1,10,15-16H2,2H3,(H,22,23). The third kappa shape index (κ3) is 5.03. The molecule has 2 rings (SSSR count). The topological polar surface area (TPSA) is 38.3 Å². The molecule has 1 N–H and O–H groups in total. The van der Waals surface area contributed by atoms with E-state index in [1.54, 1.807) is 6.07 Å². The number of carbonyl (C=O) groups is 1. The second-order valence-corrected chi connectivity index (χ2v) is 5.24. The average Bonchev–Trinajstić information content (AvgIpc) is 2.59. The van der Waals surface area contributed by atoms with E-state index in [1.165, 1.54) is 0 Å². The van der Waals surface area contributed by atoms with Gasteiger partial charge >= 0.3 is 0 Å². The number of rotatable bonds is 6. The number of aryl methyl sites for hydroxylation is 1. The molecule has 0 saturated heterocycles. The molecule has 0 spiro atoms. The van der Waals surface area contributed by atoms with Gasteiger partial charge in [0.25, 0.3) is 5.91 Å². The van der Waals surface area contributed by atoms with Crippen molar-refractivity contribution >= 4 is 5.91 Å². The number of benzene rings is 2. The van der Waals surface area contributed by atoms with Crippen LogP contribution in [0.1, 0.15) is 21.5 Å². The van der Waals surface area contributed by atoms with Crippen LogP contribution in [-0.4, -0.2) is 19.1 Å². The van der Waals surface area contributed by atoms with Gasteiger partial charge in [-0.1, -0.05) is 54.3 Å². The van der Waals surface area contributed by atoms with Gasteiger partial charge in [0.2, 0.25) is 0 Å². The average molecular weight is 319 g/mol. The molecule has 0 fully saturated rings. The summed E-state index contributed by atoms with van der Waals surface area (Å²) in [4.78, 5) is 12.0. The number of hydrogen-bond acceptors (Lipinski definition) is 2. The summed E-state index contributed by atoms with van der Waals surface area (Å²) in [6.07, 6.45) is 2.60. The predicted octanol–water partition coefficient (Wildman–Crippen LogP) is 3.54. The van der Waals surface area contributed by atoms with Gasteiger partial charge in [0.15, 0.2) is 0 Å². The Morgan fingerprint density at radius 3 is 2.71 bits per heavy atom. The van der Waals surface area contributed by atoms with Gasteiger partial charge in [0.1, 0.15) is 12.4 Å². The summed E-state index contributed by atoms with van der Waals surface area (Å²) in [6.45, 7) is 6.24. The second-order valence-electron chi connectivity index (χ2n) is 5.24. The summed E-state index contributed by atoms with van der Waals surface area (Å²) < 4.78 is 5.67. The molecular weight excluding hydrogens is 298 g/mol. The maximum atomic E-state index is 12.0. The highest BCUT2D eigenvalue weighted by molar-refractivity contribution is 5.95. The molecule has 2 aromatic rings. The number of ether oxygens (including phenoxy) is 1. The first-order valence-electron chi connectivity index (χ1n) is 7.83. The summed E-state index contributed by atoms with van der Waals surface area (Å²) in [5.41, 5.74) is 2.71. The van der Waals surface area contributed by atoms with Crippen LogP contribution in [0.5, 0.6) is 5.75 Å². The lowest BCUT2D eigenvalue weighted by atomic mass is 10.1. The fourth-order valence-electron chi connectivity index (χ4n) is 2.24. The SMILES string of the molecule is C=CCc1ccccc1OCC#CCNC(=O)c1ccccc1C. The molecule has 2 aromatic carbocycles. The van der Waals surface area contributed by atoms with Crippen LogP contribution in [0.3, 0.4) is 0 Å². The van der Waals surface area contributed by atoms with E-state index in [4.69, 9.17) is 4.74 Å². The van der Waals surface area contributed by atoms with Gasteiger partial charge in [-0.3, -0.25) is 4.79 Å². The van der Waals surface area contributed by atoms with E-state index in [-0.39, 0.29) is 12.5 Å². The maximum absolute atomic E-state index is 12.0. The summed E-state index contributed by atoms with van der Waals surface area (Å²) in [5.74, 6) is 6.52. The third-order valence-corrected chi connectivity index (χ3v) is 3.49. The maximum Gasteiger partial charge on any atom is 0.252 e. The predicted molar refractivity (Wildman–Crippen MR) is 97.1 cm³/mol. The Labute approximate surface area is 143 Å². The monoisotopic (exact) mass is 319 g/mol. The molecule has 0 atom stereocenters. The lowest BCUT2D eigenvalue weighted by Gasteiger charge is -2.07. The first kappa shape index (κ1) is 17.4. The van der Waals surface area contributed by atoms with Crippen molar-refractivity contribution in [3.8, 4) is 17.6 Å². The second kappa shape index (κ2) is 9.22. The third-order valence-electron chi connectivity index (χ3n) is 3.49. The molecule has 0 radical (unpaired) electrons. The van der Waals surface area contributed by atoms with Crippen LogP contribution in [-0.2, 0) is 6.42 Å². The number of nitrogens with one attached hydrogen (secondary N) is 1. The van der Waals surface area contributed by atoms with E-state index in [1.807, 2.05) is 55.5 Å². The molecule has 1 amide bonds. The Bertz CT molecular complexity index is 769. The van der Waals surface area contributed by atoms with Crippen molar-refractivity contribution in [1.29, 1.82) is 0 Å². The van der Waals surface area contributed by atoms with Gasteiger partial charge in [-0.25, -0.2) is 0 Å². The smallest absolute Gasteiger partial charge is 0.252 e. The van der Waals surface area contributed by atoms with Gasteiger partial charge in [0.05, 0.1) is 6.54 Å². The number of para-hydroxylation sites is 1. The van der Waals surface area contributed by atoms with Crippen molar-refractivity contribution in [2.45, 2.75) is 13.3 Å². The highest BCUT2D eigenvalue weighted by Gasteiger charge is 2.05. The molecule has 0 aliphatic carbocycles. The fraction of sp³-hybridized carbons (Fsp3) is 0.190. The molecule has 0 aliphatic rings. The first-order valence-corrected chi connectivity index (χ1v) is 7.83. The molecule has 3 heteroatoms. The van der Waals surface area contributed by atoms with E-state index < -0.39 is 0 Å². The number of carbonyl (C=O) groups excluding carboxylic acids is 1. The molecule has 0 heterocycles. The summed E-state index contributed by atoms with van der Waals surface area (Å²) in [7, 11) is 0. The van der Waals surface area contributed by atoms with Crippen molar-refractivity contribution in [3.63, 3.8) is 0 Å². The molecule has 0 aliphatic heterocycles. The van der Waals surface area contributed by atoms with Crippen LogP contribution in [0, 0.1) is 18.8 Å². The van der Waals surface area contributed by atoms with E-state index in [9.17, 15) is 4.79 Å². The van der Waals surface area contributed by atoms with Crippen LogP contribution < -0.4 is 10.1 Å². The van der Waals surface area contributed by atoms with Crippen molar-refractivity contribution in [3.05, 3.63) is 77.9 Å². The van der Waals surface area contributed by atoms with Crippen molar-refractivity contribution in [2.24, 2.45) is 0 Å². The molecule has 122 valence electrons. The van der Waals surface area contributed by atoms with E-state index >= 15 is 0 Å². The van der Waals surface area contributed by atoms with E-state index in [0.717, 1.165) is 23.3 Å². The highest BCUT2D eigenvalue weighted by atomic mass is 16.5. The minimum Gasteiger partial charge on any atom is -0.481 e. The highest BCUT2D eigenvalue weighted by Crippen LogP contribution is 2.18. The Kier molecular flexibility index (Phi) is 6.67. The number of amides is 1. The van der Waals surface area contributed by atoms with Crippen LogP contribution in [0.15, 0.2) is 61.2 Å². The number of allylic oxidation sites excluding steroid dienone is 1. The Morgan fingerprint density at radius 2 is 1.92 bits per heavy atom. The molecule has 0 unspecified atom stereocenters. The van der Waals surface area contributed by atoms with Crippen LogP contribution in [0.25, 0.3) is 0 Å². The lowest BCUT2D eigenvalue weighted by Crippen LogP contribution is -2.24. The van der Waals surface area contributed by atoms with Crippen molar-refractivity contribution in [2.75, 3.05) is 13.2 Å². The van der Waals surface area contributed by atoms with Crippen molar-refractivity contribution in [1.82, 2.24) is 5.32 Å². The Hall–Kier alpha value is -2.99. The largest absolute Gasteiger partial charge is 0.481 e. The van der Waals surface area contributed by atoms with Crippen LogP contribution in [0.2, 0.25) is 0 Å². The zero-order chi connectivity index (χ0) is 17.2. The minimum atomic E-state index is -0.111. The van der Waals surface area contributed by atoms with Crippen LogP contribution >= 0.6 is 0 Å². The molecule has 0 bridgehead atoms. The molecule has 3 nitrogen and oxygen atoms in total. The lowest BCUT2D eigenvalue weighted by molar-refractivity contribution is 0.0958. The van der Waals surface area contributed by atoms with Crippen molar-refractivity contribution < 1.29 is 9.53 Å². The Balaban J connectivity index is 1.80. The van der Waals surface area contributed by atoms with Gasteiger partial charge in [0, 0.05) is 5.56 Å². The molecular formula is C21H21NO2. The summed E-state index contributed by atoms with van der Waals surface area (Å²) in [6, 6.07) is 15.3. The summed E-state index contributed by atoms with van der Waals surface area (Å²) >= 11 is 0. The normalized spacial score (nSPS) is 9.54.